The molecule has 1 aliphatic rings. The highest BCUT2D eigenvalue weighted by molar-refractivity contribution is 6.50. The number of amides is 2. The summed E-state index contributed by atoms with van der Waals surface area (Å²) in [5, 5.41) is 22.6. The molecule has 2 aromatic rings. The van der Waals surface area contributed by atoms with E-state index in [1.807, 2.05) is 44.2 Å². The maximum atomic E-state index is 13.6. The van der Waals surface area contributed by atoms with Gasteiger partial charge in [0.2, 0.25) is 0 Å². The Hall–Kier alpha value is -4.10. The first kappa shape index (κ1) is 33.4. The molecule has 2 heterocycles. The highest BCUT2D eigenvalue weighted by Crippen LogP contribution is 2.37. The Kier molecular flexibility index (Phi) is 11.2. The van der Waals surface area contributed by atoms with Gasteiger partial charge in [-0.05, 0) is 31.4 Å². The normalized spacial score (nSPS) is 18.8. The molecule has 1 aliphatic heterocycles. The van der Waals surface area contributed by atoms with Crippen molar-refractivity contribution < 1.29 is 43.5 Å². The van der Waals surface area contributed by atoms with E-state index in [4.69, 9.17) is 9.31 Å². The fourth-order valence-electron chi connectivity index (χ4n) is 5.14. The number of nitrogens with one attached hydrogen (secondary N) is 1. The van der Waals surface area contributed by atoms with Crippen LogP contribution in [0.1, 0.15) is 56.9 Å². The zero-order valence-electron chi connectivity index (χ0n) is 25.0. The van der Waals surface area contributed by atoms with Crippen LogP contribution in [0.25, 0.3) is 11.3 Å². The summed E-state index contributed by atoms with van der Waals surface area (Å²) < 4.78 is 11.4. The number of carbonyl (C=O) groups excluding carboxylic acids is 4. The van der Waals surface area contributed by atoms with Crippen LogP contribution in [-0.4, -0.2) is 88.6 Å². The molecule has 3 rings (SSSR count). The summed E-state index contributed by atoms with van der Waals surface area (Å²) in [6, 6.07) is 12.8. The molecule has 0 unspecified atom stereocenters. The van der Waals surface area contributed by atoms with Gasteiger partial charge in [0.25, 0.3) is 17.8 Å². The monoisotopic (exact) mass is 595 g/mol. The molecule has 0 bridgehead atoms. The predicted molar refractivity (Wildman–Crippen MR) is 157 cm³/mol. The number of nitrogens with zero attached hydrogens (tertiary/aromatic N) is 2. The Bertz CT molecular complexity index is 1330. The van der Waals surface area contributed by atoms with E-state index < -0.39 is 73.1 Å². The number of ketones is 1. The average molecular weight is 595 g/mol. The molecule has 1 fully saturated rings. The first-order chi connectivity index (χ1) is 20.2. The van der Waals surface area contributed by atoms with Gasteiger partial charge >= 0.3 is 13.1 Å². The molecule has 43 heavy (non-hydrogen) atoms. The Labute approximate surface area is 250 Å². The molecular formula is C30H38BN3O9. The number of aromatic nitrogens is 1. The van der Waals surface area contributed by atoms with Crippen LogP contribution >= 0.6 is 0 Å². The summed E-state index contributed by atoms with van der Waals surface area (Å²) in [5.41, 5.74) is -0.617. The maximum absolute atomic E-state index is 13.6. The zero-order valence-corrected chi connectivity index (χ0v) is 25.0. The molecule has 12 nitrogen and oxygen atoms in total. The Morgan fingerprint density at radius 2 is 1.74 bits per heavy atom. The van der Waals surface area contributed by atoms with Gasteiger partial charge in [0.15, 0.2) is 11.4 Å². The van der Waals surface area contributed by atoms with E-state index in [9.17, 15) is 34.2 Å². The van der Waals surface area contributed by atoms with Gasteiger partial charge in [-0.1, -0.05) is 50.2 Å². The van der Waals surface area contributed by atoms with E-state index >= 15 is 0 Å². The number of aliphatic hydroxyl groups is 1. The fraction of sp³-hybridized carbons (Fsp3) is 0.467. The van der Waals surface area contributed by atoms with Crippen LogP contribution in [0.3, 0.4) is 0 Å². The summed E-state index contributed by atoms with van der Waals surface area (Å²) in [6.45, 7) is 5.10. The van der Waals surface area contributed by atoms with Gasteiger partial charge in [0, 0.05) is 31.9 Å². The van der Waals surface area contributed by atoms with Crippen molar-refractivity contribution in [3.63, 3.8) is 0 Å². The van der Waals surface area contributed by atoms with Crippen LogP contribution in [0.4, 0.5) is 0 Å². The Morgan fingerprint density at radius 3 is 2.33 bits per heavy atom. The number of hydrogen-bond donors (Lipinski definition) is 3. The van der Waals surface area contributed by atoms with Crippen LogP contribution in [-0.2, 0) is 28.5 Å². The number of carboxylic acid groups (broad SMARTS) is 1. The van der Waals surface area contributed by atoms with Gasteiger partial charge in [0.1, 0.15) is 11.7 Å². The molecule has 230 valence electrons. The molecule has 0 aliphatic carbocycles. The second kappa shape index (κ2) is 14.4. The lowest BCUT2D eigenvalue weighted by atomic mass is 9.63. The van der Waals surface area contributed by atoms with Crippen molar-refractivity contribution in [1.29, 1.82) is 0 Å². The molecular weight excluding hydrogens is 557 g/mol. The third kappa shape index (κ3) is 8.71. The Balaban J connectivity index is 1.84. The van der Waals surface area contributed by atoms with E-state index in [0.29, 0.717) is 12.1 Å². The summed E-state index contributed by atoms with van der Waals surface area (Å²) in [4.78, 5) is 69.7. The van der Waals surface area contributed by atoms with Gasteiger partial charge < -0.3 is 29.7 Å². The average Bonchev–Trinajstić information content (AvgIpc) is 2.94. The number of Topliss-reactive ketones (excluding diaryl/α,β-unsaturated/α-hetero) is 1. The summed E-state index contributed by atoms with van der Waals surface area (Å²) >= 11 is 0. The summed E-state index contributed by atoms with van der Waals surface area (Å²) in [5.74, 6) is -4.97. The van der Waals surface area contributed by atoms with Gasteiger partial charge in [-0.3, -0.25) is 24.0 Å². The molecule has 1 aromatic heterocycles. The molecule has 13 heteroatoms. The number of aliphatic carboxylic acids is 1. The molecule has 0 saturated carbocycles. The van der Waals surface area contributed by atoms with Crippen molar-refractivity contribution in [1.82, 2.24) is 15.2 Å². The van der Waals surface area contributed by atoms with E-state index in [2.05, 4.69) is 10.3 Å². The standard InChI is InChI=1S/C30H38BN3O9/c1-18(2)14-21(31-42-26(39)17-30(43-31,16-25(37)38)29(41)34(4)5)15-24(36)27(19(3)35)33-28(40)23-13-9-12-22(32-23)20-10-7-6-8-11-20/h6-13,18-19,21,27,35H,14-17H2,1-5H3,(H,33,40)(H,37,38)/t19-,21-,27+,30-/m1/s1. The molecule has 0 spiro atoms. The first-order valence-corrected chi connectivity index (χ1v) is 14.1. The van der Waals surface area contributed by atoms with E-state index in [0.717, 1.165) is 10.5 Å². The van der Waals surface area contributed by atoms with Crippen molar-refractivity contribution in [3.8, 4) is 11.3 Å². The van der Waals surface area contributed by atoms with Crippen LogP contribution in [0, 0.1) is 5.92 Å². The van der Waals surface area contributed by atoms with Crippen molar-refractivity contribution in [3.05, 3.63) is 54.2 Å². The highest BCUT2D eigenvalue weighted by Gasteiger charge is 2.55. The number of rotatable bonds is 13. The van der Waals surface area contributed by atoms with Crippen LogP contribution in [0.5, 0.6) is 0 Å². The first-order valence-electron chi connectivity index (χ1n) is 14.1. The minimum Gasteiger partial charge on any atom is -0.509 e. The summed E-state index contributed by atoms with van der Waals surface area (Å²) in [7, 11) is 1.42. The van der Waals surface area contributed by atoms with Crippen molar-refractivity contribution in [2.24, 2.45) is 5.92 Å². The molecule has 1 saturated heterocycles. The van der Waals surface area contributed by atoms with Gasteiger partial charge in [0.05, 0.1) is 24.6 Å². The third-order valence-corrected chi connectivity index (χ3v) is 7.04. The lowest BCUT2D eigenvalue weighted by Crippen LogP contribution is -2.59. The van der Waals surface area contributed by atoms with Crippen molar-refractivity contribution in [2.45, 2.75) is 70.0 Å². The number of pyridine rings is 1. The smallest absolute Gasteiger partial charge is 0.509 e. The van der Waals surface area contributed by atoms with Crippen molar-refractivity contribution >= 4 is 36.7 Å². The van der Waals surface area contributed by atoms with Gasteiger partial charge in [-0.2, -0.15) is 0 Å². The quantitative estimate of drug-likeness (QED) is 0.292. The lowest BCUT2D eigenvalue weighted by Gasteiger charge is -2.40. The van der Waals surface area contributed by atoms with Crippen LogP contribution in [0.15, 0.2) is 48.5 Å². The van der Waals surface area contributed by atoms with Gasteiger partial charge in [-0.15, -0.1) is 0 Å². The highest BCUT2D eigenvalue weighted by atomic mass is 16.6. The maximum Gasteiger partial charge on any atom is 0.531 e. The largest absolute Gasteiger partial charge is 0.531 e. The zero-order chi connectivity index (χ0) is 31.9. The van der Waals surface area contributed by atoms with E-state index in [-0.39, 0.29) is 18.0 Å². The number of likely N-dealkylation sites (N-methyl/N-ethyl adjacent to an activating group) is 1. The van der Waals surface area contributed by atoms with E-state index in [1.165, 1.54) is 27.1 Å². The minimum absolute atomic E-state index is 0.0232. The lowest BCUT2D eigenvalue weighted by molar-refractivity contribution is -0.169. The topological polar surface area (TPSA) is 172 Å². The molecule has 1 aromatic carbocycles. The van der Waals surface area contributed by atoms with E-state index in [1.54, 1.807) is 12.1 Å². The van der Waals surface area contributed by atoms with Crippen LogP contribution < -0.4 is 5.32 Å². The number of carboxylic acids is 1. The SMILES string of the molecule is CC(C)C[C@H](CC(=O)[C@@H](NC(=O)c1cccc(-c2ccccc2)n1)[C@@H](C)O)B1OC(=O)C[C@](CC(=O)O)(C(=O)N(C)C)O1. The van der Waals surface area contributed by atoms with Crippen molar-refractivity contribution in [2.75, 3.05) is 14.1 Å². The summed E-state index contributed by atoms with van der Waals surface area (Å²) in [6.07, 6.45) is -2.67. The fourth-order valence-corrected chi connectivity index (χ4v) is 5.14. The predicted octanol–water partition coefficient (Wildman–Crippen LogP) is 2.36. The number of hydrogen-bond acceptors (Lipinski definition) is 9. The second-order valence-corrected chi connectivity index (χ2v) is 11.4. The second-order valence-electron chi connectivity index (χ2n) is 11.4. The number of aliphatic hydroxyl groups excluding tert-OH is 1. The Morgan fingerprint density at radius 1 is 1.07 bits per heavy atom. The number of carbonyl (C=O) groups is 5. The molecule has 3 N–H and O–H groups in total. The molecule has 4 atom stereocenters. The third-order valence-electron chi connectivity index (χ3n) is 7.04. The molecule has 2 amide bonds. The molecule has 0 radical (unpaired) electrons. The number of benzene rings is 1. The minimum atomic E-state index is -2.01. The van der Waals surface area contributed by atoms with Crippen LogP contribution in [0.2, 0.25) is 5.82 Å². The van der Waals surface area contributed by atoms with Gasteiger partial charge in [-0.25, -0.2) is 4.98 Å².